The van der Waals surface area contributed by atoms with E-state index in [4.69, 9.17) is 0 Å². The summed E-state index contributed by atoms with van der Waals surface area (Å²) in [5.74, 6) is 0. The van der Waals surface area contributed by atoms with Crippen molar-refractivity contribution in [3.8, 4) is 0 Å². The van der Waals surface area contributed by atoms with Crippen LogP contribution in [-0.2, 0) is 18.6 Å². The van der Waals surface area contributed by atoms with Crippen molar-refractivity contribution in [2.75, 3.05) is 20.3 Å². The van der Waals surface area contributed by atoms with E-state index in [1.54, 1.807) is 0 Å². The third kappa shape index (κ3) is 2.20. The fourth-order valence-electron chi connectivity index (χ4n) is 0.730. The molecular weight excluding hydrogens is 171 g/mol. The minimum atomic E-state index is -2.10. The maximum absolute atomic E-state index is 11.0. The highest BCUT2D eigenvalue weighted by molar-refractivity contribution is 7.40. The summed E-state index contributed by atoms with van der Waals surface area (Å²) < 4.78 is 24.6. The van der Waals surface area contributed by atoms with Crippen LogP contribution in [0.25, 0.3) is 0 Å². The third-order valence-electron chi connectivity index (χ3n) is 1.34. The van der Waals surface area contributed by atoms with E-state index < -0.39 is 14.2 Å². The Morgan fingerprint density at radius 2 is 2.09 bits per heavy atom. The molecule has 1 aliphatic rings. The van der Waals surface area contributed by atoms with Crippen LogP contribution in [0.1, 0.15) is 0 Å². The average molecular weight is 180 g/mol. The lowest BCUT2D eigenvalue weighted by molar-refractivity contribution is 0.0200. The molecule has 1 aliphatic heterocycles. The molecule has 1 fully saturated rings. The molecule has 0 spiro atoms. The summed E-state index contributed by atoms with van der Waals surface area (Å²) in [6, 6.07) is 0. The molecule has 64 valence electrons. The van der Waals surface area contributed by atoms with Gasteiger partial charge in [0, 0.05) is 7.11 Å². The van der Waals surface area contributed by atoms with Crippen molar-refractivity contribution in [3.05, 3.63) is 0 Å². The molecule has 0 aromatic heterocycles. The average Bonchev–Trinajstić information content (AvgIpc) is 2.05. The minimum absolute atomic E-state index is 0.129. The molecule has 1 unspecified atom stereocenters. The van der Waals surface area contributed by atoms with Gasteiger partial charge < -0.3 is 14.0 Å². The predicted octanol–water partition coefficient (Wildman–Crippen LogP) is 0.643. The SMILES string of the molecule is CO[PH](=O)C1COC(=O)OC1. The van der Waals surface area contributed by atoms with Crippen molar-refractivity contribution >= 4 is 14.2 Å². The highest BCUT2D eigenvalue weighted by Crippen LogP contribution is 2.30. The second-order valence-corrected chi connectivity index (χ2v) is 3.95. The molecule has 0 aromatic carbocycles. The van der Waals surface area contributed by atoms with Crippen LogP contribution in [0.5, 0.6) is 0 Å². The first-order chi connectivity index (χ1) is 5.24. The zero-order valence-electron chi connectivity index (χ0n) is 6.03. The topological polar surface area (TPSA) is 61.8 Å². The Balaban J connectivity index is 2.39. The maximum atomic E-state index is 11.0. The fraction of sp³-hybridized carbons (Fsp3) is 0.800. The monoisotopic (exact) mass is 180 g/mol. The van der Waals surface area contributed by atoms with E-state index in [0.29, 0.717) is 0 Å². The second-order valence-electron chi connectivity index (χ2n) is 2.09. The second kappa shape index (κ2) is 3.74. The molecule has 11 heavy (non-hydrogen) atoms. The lowest BCUT2D eigenvalue weighted by Crippen LogP contribution is -2.29. The van der Waals surface area contributed by atoms with E-state index in [0.717, 1.165) is 0 Å². The molecule has 0 bridgehead atoms. The van der Waals surface area contributed by atoms with Gasteiger partial charge in [0.05, 0.1) is 0 Å². The van der Waals surface area contributed by atoms with Gasteiger partial charge in [-0.25, -0.2) is 4.79 Å². The summed E-state index contributed by atoms with van der Waals surface area (Å²) in [5.41, 5.74) is -0.289. The fourth-order valence-corrected chi connectivity index (χ4v) is 1.50. The number of hydrogen-bond donors (Lipinski definition) is 0. The highest BCUT2D eigenvalue weighted by atomic mass is 31.1. The molecule has 0 N–H and O–H groups in total. The predicted molar refractivity (Wildman–Crippen MR) is 37.1 cm³/mol. The van der Waals surface area contributed by atoms with Gasteiger partial charge in [-0.15, -0.1) is 0 Å². The third-order valence-corrected chi connectivity index (χ3v) is 2.74. The zero-order chi connectivity index (χ0) is 8.27. The number of hydrogen-bond acceptors (Lipinski definition) is 5. The number of rotatable bonds is 2. The van der Waals surface area contributed by atoms with Gasteiger partial charge in [0.2, 0.25) is 8.03 Å². The molecule has 1 atom stereocenters. The van der Waals surface area contributed by atoms with Gasteiger partial charge in [0.25, 0.3) is 0 Å². The summed E-state index contributed by atoms with van der Waals surface area (Å²) >= 11 is 0. The maximum Gasteiger partial charge on any atom is 0.508 e. The van der Waals surface area contributed by atoms with Crippen molar-refractivity contribution in [2.24, 2.45) is 0 Å². The van der Waals surface area contributed by atoms with Crippen molar-refractivity contribution in [3.63, 3.8) is 0 Å². The van der Waals surface area contributed by atoms with Gasteiger partial charge in [-0.2, -0.15) is 0 Å². The van der Waals surface area contributed by atoms with E-state index in [9.17, 15) is 9.36 Å². The summed E-state index contributed by atoms with van der Waals surface area (Å²) in [6.07, 6.45) is -0.702. The van der Waals surface area contributed by atoms with E-state index in [-0.39, 0.29) is 18.9 Å². The van der Waals surface area contributed by atoms with Crippen LogP contribution in [0.3, 0.4) is 0 Å². The Labute approximate surface area is 64.5 Å². The molecule has 0 radical (unpaired) electrons. The van der Waals surface area contributed by atoms with Crippen molar-refractivity contribution in [1.29, 1.82) is 0 Å². The van der Waals surface area contributed by atoms with Crippen molar-refractivity contribution in [1.82, 2.24) is 0 Å². The molecule has 0 aromatic rings. The van der Waals surface area contributed by atoms with E-state index in [1.165, 1.54) is 7.11 Å². The highest BCUT2D eigenvalue weighted by Gasteiger charge is 2.25. The normalized spacial score (nSPS) is 22.1. The van der Waals surface area contributed by atoms with Crippen LogP contribution >= 0.6 is 8.03 Å². The number of cyclic esters (lactones) is 2. The van der Waals surface area contributed by atoms with Crippen molar-refractivity contribution in [2.45, 2.75) is 5.66 Å². The molecule has 0 amide bonds. The Morgan fingerprint density at radius 1 is 1.55 bits per heavy atom. The lowest BCUT2D eigenvalue weighted by Gasteiger charge is -2.20. The minimum Gasteiger partial charge on any atom is -0.433 e. The molecule has 1 saturated heterocycles. The largest absolute Gasteiger partial charge is 0.508 e. The first-order valence-electron chi connectivity index (χ1n) is 3.11. The van der Waals surface area contributed by atoms with E-state index in [1.807, 2.05) is 0 Å². The quantitative estimate of drug-likeness (QED) is 0.461. The molecular formula is C5H9O5P. The van der Waals surface area contributed by atoms with Crippen LogP contribution in [0, 0.1) is 0 Å². The summed E-state index contributed by atoms with van der Waals surface area (Å²) in [4.78, 5) is 10.3. The van der Waals surface area contributed by atoms with Gasteiger partial charge in [-0.05, 0) is 0 Å². The molecule has 0 aliphatic carbocycles. The smallest absolute Gasteiger partial charge is 0.433 e. The first-order valence-corrected chi connectivity index (χ1v) is 4.51. The van der Waals surface area contributed by atoms with E-state index in [2.05, 4.69) is 14.0 Å². The summed E-state index contributed by atoms with van der Waals surface area (Å²) in [6.45, 7) is 0.259. The number of ether oxygens (including phenoxy) is 2. The van der Waals surface area contributed by atoms with Gasteiger partial charge in [0.1, 0.15) is 18.9 Å². The lowest BCUT2D eigenvalue weighted by atomic mass is 10.5. The number of carbonyl (C=O) groups is 1. The Bertz CT molecular complexity index is 170. The van der Waals surface area contributed by atoms with Gasteiger partial charge in [-0.3, -0.25) is 4.57 Å². The van der Waals surface area contributed by atoms with Gasteiger partial charge in [0.15, 0.2) is 0 Å². The Morgan fingerprint density at radius 3 is 2.55 bits per heavy atom. The standard InChI is InChI=1S/C5H9O5P/c1-8-11(7)4-2-9-5(6)10-3-4/h4,11H,2-3H2,1H3. The van der Waals surface area contributed by atoms with Crippen LogP contribution in [0.15, 0.2) is 0 Å². The van der Waals surface area contributed by atoms with Crippen LogP contribution in [0.4, 0.5) is 4.79 Å². The molecule has 1 heterocycles. The summed E-state index contributed by atoms with van der Waals surface area (Å²) in [7, 11) is -0.746. The molecule has 5 nitrogen and oxygen atoms in total. The van der Waals surface area contributed by atoms with Crippen LogP contribution < -0.4 is 0 Å². The first kappa shape index (κ1) is 8.56. The molecule has 6 heteroatoms. The van der Waals surface area contributed by atoms with Crippen molar-refractivity contribution < 1.29 is 23.4 Å². The van der Waals surface area contributed by atoms with Gasteiger partial charge >= 0.3 is 6.16 Å². The van der Waals surface area contributed by atoms with E-state index >= 15 is 0 Å². The van der Waals surface area contributed by atoms with Gasteiger partial charge in [-0.1, -0.05) is 0 Å². The molecule has 1 rings (SSSR count). The van der Waals surface area contributed by atoms with Crippen LogP contribution in [-0.4, -0.2) is 32.1 Å². The zero-order valence-corrected chi connectivity index (χ0v) is 7.03. The van der Waals surface area contributed by atoms with Crippen LogP contribution in [0.2, 0.25) is 0 Å². The summed E-state index contributed by atoms with van der Waals surface area (Å²) in [5, 5.41) is 0. The Hall–Kier alpha value is -0.540. The number of carbonyl (C=O) groups excluding carboxylic acids is 1. The molecule has 0 saturated carbocycles. The Kier molecular flexibility index (Phi) is 2.91.